The topological polar surface area (TPSA) is 57.5 Å². The van der Waals surface area contributed by atoms with Gasteiger partial charge in [0.25, 0.3) is 0 Å². The third kappa shape index (κ3) is 7.23. The number of ketones is 1. The Morgan fingerprint density at radius 3 is 2.21 bits per heavy atom. The van der Waals surface area contributed by atoms with Crippen LogP contribution in [0, 0.1) is 0 Å². The normalized spacial score (nSPS) is 10.3. The Morgan fingerprint density at radius 1 is 1.11 bits per heavy atom. The molecular formula is C15H23NaO3. The number of aliphatic hydroxyl groups excluding tert-OH is 1. The summed E-state index contributed by atoms with van der Waals surface area (Å²) in [6, 6.07) is 7.08. The van der Waals surface area contributed by atoms with Crippen molar-refractivity contribution in [2.75, 3.05) is 0 Å². The van der Waals surface area contributed by atoms with Gasteiger partial charge in [0.15, 0.2) is 0 Å². The summed E-state index contributed by atoms with van der Waals surface area (Å²) in [4.78, 5) is 11.3. The average molecular weight is 274 g/mol. The van der Waals surface area contributed by atoms with Gasteiger partial charge in [-0.05, 0) is 18.4 Å². The van der Waals surface area contributed by atoms with Crippen LogP contribution >= 0.6 is 0 Å². The van der Waals surface area contributed by atoms with Gasteiger partial charge >= 0.3 is 29.6 Å². The van der Waals surface area contributed by atoms with Crippen molar-refractivity contribution in [2.45, 2.75) is 51.7 Å². The molecule has 1 aromatic carbocycles. The molecule has 4 heteroatoms. The summed E-state index contributed by atoms with van der Waals surface area (Å²) < 4.78 is 0. The van der Waals surface area contributed by atoms with Crippen molar-refractivity contribution in [1.82, 2.24) is 0 Å². The third-order valence-corrected chi connectivity index (χ3v) is 3.04. The van der Waals surface area contributed by atoms with Crippen LogP contribution in [0.1, 0.15) is 56.4 Å². The predicted octanol–water partition coefficient (Wildman–Crippen LogP) is -0.191. The fraction of sp³-hybridized carbons (Fsp3) is 0.533. The van der Waals surface area contributed by atoms with E-state index in [9.17, 15) is 4.79 Å². The zero-order valence-corrected chi connectivity index (χ0v) is 13.9. The first-order valence-corrected chi connectivity index (χ1v) is 6.64. The van der Waals surface area contributed by atoms with Crippen LogP contribution in [0.4, 0.5) is 0 Å². The zero-order valence-electron chi connectivity index (χ0n) is 12.9. The van der Waals surface area contributed by atoms with Gasteiger partial charge in [-0.3, -0.25) is 4.79 Å². The number of aryl methyl sites for hydroxylation is 1. The van der Waals surface area contributed by atoms with Gasteiger partial charge in [-0.25, -0.2) is 0 Å². The number of Topliss-reactive ketones (excluding diaryl/α,β-unsaturated/α-hetero) is 1. The van der Waals surface area contributed by atoms with Gasteiger partial charge in [0.2, 0.25) is 12.1 Å². The van der Waals surface area contributed by atoms with Crippen molar-refractivity contribution in [2.24, 2.45) is 0 Å². The number of carbonyl (C=O) groups is 1. The molecule has 2 N–H and O–H groups in total. The van der Waals surface area contributed by atoms with Crippen molar-refractivity contribution in [3.8, 4) is 0 Å². The van der Waals surface area contributed by atoms with E-state index in [1.807, 2.05) is 12.1 Å². The Labute approximate surface area is 138 Å². The third-order valence-electron chi connectivity index (χ3n) is 3.04. The summed E-state index contributed by atoms with van der Waals surface area (Å²) in [5, 5.41) is 17.5. The quantitative estimate of drug-likeness (QED) is 0.299. The number of hydrogen-bond donors (Lipinski definition) is 2. The summed E-state index contributed by atoms with van der Waals surface area (Å²) in [5.74, 6) is -0.649. The zero-order chi connectivity index (χ0) is 13.4. The fourth-order valence-corrected chi connectivity index (χ4v) is 1.92. The van der Waals surface area contributed by atoms with Gasteiger partial charge < -0.3 is 11.6 Å². The molecule has 0 saturated heterocycles. The molecular weight excluding hydrogens is 251 g/mol. The van der Waals surface area contributed by atoms with E-state index in [0.717, 1.165) is 12.8 Å². The van der Waals surface area contributed by atoms with Gasteiger partial charge in [0.1, 0.15) is 0 Å². The standard InChI is InChI=1S/C15H22O3.Na.H/c1-2-3-4-5-6-7-12-8-10-13(11-9-12)14(16)15(17)18;;/h8-11,15,17-18H,2-7H2,1H3;;/q;+1;-1. The van der Waals surface area contributed by atoms with E-state index in [2.05, 4.69) is 6.92 Å². The Balaban J connectivity index is 0. The molecule has 0 atom stereocenters. The first kappa shape index (κ1) is 18.8. The van der Waals surface area contributed by atoms with Crippen molar-refractivity contribution >= 4 is 5.78 Å². The van der Waals surface area contributed by atoms with Crippen LogP contribution in [-0.4, -0.2) is 22.3 Å². The summed E-state index contributed by atoms with van der Waals surface area (Å²) in [6.07, 6.45) is 5.33. The molecule has 0 aliphatic rings. The van der Waals surface area contributed by atoms with E-state index in [-0.39, 0.29) is 31.0 Å². The molecule has 0 fully saturated rings. The van der Waals surface area contributed by atoms with Crippen molar-refractivity contribution in [3.05, 3.63) is 35.4 Å². The maximum atomic E-state index is 11.3. The molecule has 1 aromatic rings. The van der Waals surface area contributed by atoms with Crippen molar-refractivity contribution in [1.29, 1.82) is 0 Å². The number of unbranched alkanes of at least 4 members (excludes halogenated alkanes) is 4. The van der Waals surface area contributed by atoms with E-state index in [0.29, 0.717) is 5.56 Å². The van der Waals surface area contributed by atoms with Gasteiger partial charge in [-0.15, -0.1) is 0 Å². The first-order valence-electron chi connectivity index (χ1n) is 6.64. The van der Waals surface area contributed by atoms with Crippen molar-refractivity contribution < 1.29 is 46.0 Å². The van der Waals surface area contributed by atoms with Crippen LogP contribution < -0.4 is 29.6 Å². The molecule has 0 aliphatic carbocycles. The molecule has 0 amide bonds. The molecule has 0 radical (unpaired) electrons. The second-order valence-electron chi connectivity index (χ2n) is 4.60. The van der Waals surface area contributed by atoms with Crippen LogP contribution in [0.25, 0.3) is 0 Å². The van der Waals surface area contributed by atoms with Gasteiger partial charge in [-0.1, -0.05) is 56.9 Å². The second kappa shape index (κ2) is 10.6. The Hall–Kier alpha value is -0.190. The second-order valence-corrected chi connectivity index (χ2v) is 4.60. The minimum Gasteiger partial charge on any atom is -1.00 e. The van der Waals surface area contributed by atoms with E-state index in [4.69, 9.17) is 10.2 Å². The Kier molecular flexibility index (Phi) is 10.5. The van der Waals surface area contributed by atoms with Gasteiger partial charge in [-0.2, -0.15) is 0 Å². The maximum Gasteiger partial charge on any atom is 1.00 e. The molecule has 0 aromatic heterocycles. The van der Waals surface area contributed by atoms with Crippen LogP contribution in [0.5, 0.6) is 0 Å². The minimum atomic E-state index is -1.91. The first-order chi connectivity index (χ1) is 8.65. The summed E-state index contributed by atoms with van der Waals surface area (Å²) in [6.45, 7) is 2.20. The monoisotopic (exact) mass is 274 g/mol. The van der Waals surface area contributed by atoms with E-state index in [1.165, 1.54) is 31.2 Å². The largest absolute Gasteiger partial charge is 1.00 e. The number of benzene rings is 1. The Bertz CT molecular complexity index is 366. The van der Waals surface area contributed by atoms with Crippen molar-refractivity contribution in [3.63, 3.8) is 0 Å². The van der Waals surface area contributed by atoms with Crippen LogP contribution in [-0.2, 0) is 6.42 Å². The van der Waals surface area contributed by atoms with Gasteiger partial charge in [0.05, 0.1) is 0 Å². The molecule has 19 heavy (non-hydrogen) atoms. The van der Waals surface area contributed by atoms with Gasteiger partial charge in [0, 0.05) is 5.56 Å². The smallest absolute Gasteiger partial charge is 1.00 e. The molecule has 3 nitrogen and oxygen atoms in total. The SMILES string of the molecule is CCCCCCCc1ccc(C(=O)C(O)O)cc1.[H-].[Na+]. The molecule has 0 spiro atoms. The molecule has 0 bridgehead atoms. The molecule has 102 valence electrons. The number of rotatable bonds is 8. The molecule has 0 heterocycles. The van der Waals surface area contributed by atoms with E-state index in [1.54, 1.807) is 12.1 Å². The summed E-state index contributed by atoms with van der Waals surface area (Å²) in [7, 11) is 0. The number of carbonyl (C=O) groups excluding carboxylic acids is 1. The summed E-state index contributed by atoms with van der Waals surface area (Å²) >= 11 is 0. The summed E-state index contributed by atoms with van der Waals surface area (Å²) in [5.41, 5.74) is 1.54. The predicted molar refractivity (Wildman–Crippen MR) is 72.6 cm³/mol. The number of hydrogen-bond acceptors (Lipinski definition) is 3. The van der Waals surface area contributed by atoms with Crippen LogP contribution in [0.3, 0.4) is 0 Å². The molecule has 0 aliphatic heterocycles. The molecule has 0 saturated carbocycles. The molecule has 0 unspecified atom stereocenters. The fourth-order valence-electron chi connectivity index (χ4n) is 1.92. The number of aliphatic hydroxyl groups is 2. The average Bonchev–Trinajstić information content (AvgIpc) is 2.38. The van der Waals surface area contributed by atoms with E-state index >= 15 is 0 Å². The van der Waals surface area contributed by atoms with Crippen LogP contribution in [0.2, 0.25) is 0 Å². The minimum absolute atomic E-state index is 0. The van der Waals surface area contributed by atoms with Crippen LogP contribution in [0.15, 0.2) is 24.3 Å². The van der Waals surface area contributed by atoms with E-state index < -0.39 is 12.1 Å². The maximum absolute atomic E-state index is 11.3. The Morgan fingerprint density at radius 2 is 1.68 bits per heavy atom. The molecule has 1 rings (SSSR count).